The van der Waals surface area contributed by atoms with E-state index in [1.807, 2.05) is 42.5 Å². The summed E-state index contributed by atoms with van der Waals surface area (Å²) in [6, 6.07) is 19.6. The second kappa shape index (κ2) is 9.65. The molecule has 4 aromatic rings. The highest BCUT2D eigenvalue weighted by Crippen LogP contribution is 2.48. The zero-order valence-corrected chi connectivity index (χ0v) is 20.9. The summed E-state index contributed by atoms with van der Waals surface area (Å²) in [5.74, 6) is 1.04. The molecule has 0 aliphatic heterocycles. The quantitative estimate of drug-likeness (QED) is 0.294. The van der Waals surface area contributed by atoms with Gasteiger partial charge in [-0.1, -0.05) is 49.6 Å². The fraction of sp³-hybridized carbons (Fsp3) is 0.267. The van der Waals surface area contributed by atoms with E-state index in [0.717, 1.165) is 54.5 Å². The number of pyridine rings is 1. The number of methoxy groups -OCH3 is 1. The van der Waals surface area contributed by atoms with Gasteiger partial charge >= 0.3 is 0 Å². The molecule has 2 aliphatic carbocycles. The Balaban J connectivity index is 1.58. The van der Waals surface area contributed by atoms with Crippen LogP contribution >= 0.6 is 0 Å². The number of hydrogen-bond donors (Lipinski definition) is 1. The average molecular weight is 492 g/mol. The number of ether oxygens (including phenoxy) is 1. The summed E-state index contributed by atoms with van der Waals surface area (Å²) in [4.78, 5) is 23.7. The fourth-order valence-corrected chi connectivity index (χ4v) is 5.89. The highest BCUT2D eigenvalue weighted by atomic mass is 16.5. The Bertz CT molecular complexity index is 1520. The van der Waals surface area contributed by atoms with Crippen LogP contribution in [-0.2, 0) is 11.8 Å². The van der Waals surface area contributed by atoms with Crippen molar-refractivity contribution >= 4 is 12.2 Å². The van der Waals surface area contributed by atoms with Gasteiger partial charge in [0.1, 0.15) is 5.75 Å². The van der Waals surface area contributed by atoms with Crippen LogP contribution in [0, 0.1) is 0 Å². The maximum atomic E-state index is 14.5. The summed E-state index contributed by atoms with van der Waals surface area (Å²) in [6.45, 7) is 0. The molecule has 186 valence electrons. The van der Waals surface area contributed by atoms with Crippen LogP contribution in [-0.4, -0.2) is 27.9 Å². The Labute approximate surface area is 215 Å². The number of hydrogen-bond acceptors (Lipinski definition) is 6. The Morgan fingerprint density at radius 3 is 2.65 bits per heavy atom. The van der Waals surface area contributed by atoms with E-state index in [9.17, 15) is 4.79 Å². The van der Waals surface area contributed by atoms with E-state index in [2.05, 4.69) is 33.7 Å². The van der Waals surface area contributed by atoms with Crippen LogP contribution in [0.5, 0.6) is 5.75 Å². The molecule has 1 fully saturated rings. The monoisotopic (exact) mass is 491 g/mol. The zero-order valence-electron chi connectivity index (χ0n) is 20.9. The summed E-state index contributed by atoms with van der Waals surface area (Å²) >= 11 is 0. The molecule has 1 saturated carbocycles. The summed E-state index contributed by atoms with van der Waals surface area (Å²) in [6.07, 6.45) is 11.4. The second-order valence-corrected chi connectivity index (χ2v) is 9.83. The van der Waals surface area contributed by atoms with Crippen LogP contribution in [0.1, 0.15) is 48.8 Å². The first-order chi connectivity index (χ1) is 18.2. The van der Waals surface area contributed by atoms with Crippen molar-refractivity contribution in [3.05, 3.63) is 100 Å². The van der Waals surface area contributed by atoms with Gasteiger partial charge in [0, 0.05) is 29.4 Å². The molecule has 7 nitrogen and oxygen atoms in total. The van der Waals surface area contributed by atoms with Gasteiger partial charge in [0.2, 0.25) is 5.95 Å². The molecular formula is C30H29N5O2. The third kappa shape index (κ3) is 4.20. The minimum absolute atomic E-state index is 0.0451. The van der Waals surface area contributed by atoms with Crippen molar-refractivity contribution in [3.63, 3.8) is 0 Å². The lowest BCUT2D eigenvalue weighted by Crippen LogP contribution is -2.42. The smallest absolute Gasteiger partial charge is 0.263 e. The molecule has 0 bridgehead atoms. The SMILES string of the molecule is COc1cccc(-n2c(NN=Cc3ccncc3)nc3c(c2=O)C2(CCCCC2)Cc2ccccc2-3)c1. The van der Waals surface area contributed by atoms with Crippen molar-refractivity contribution < 1.29 is 4.74 Å². The maximum absolute atomic E-state index is 14.5. The number of hydrazone groups is 1. The number of nitrogens with one attached hydrogen (secondary N) is 1. The minimum Gasteiger partial charge on any atom is -0.497 e. The number of rotatable bonds is 5. The van der Waals surface area contributed by atoms with E-state index in [1.165, 1.54) is 12.0 Å². The molecule has 0 atom stereocenters. The molecule has 0 unspecified atom stereocenters. The first-order valence-corrected chi connectivity index (χ1v) is 12.8. The van der Waals surface area contributed by atoms with Gasteiger partial charge in [-0.25, -0.2) is 15.0 Å². The molecule has 7 heteroatoms. The number of aromatic nitrogens is 3. The molecule has 1 N–H and O–H groups in total. The molecule has 2 heterocycles. The predicted molar refractivity (Wildman–Crippen MR) is 146 cm³/mol. The Morgan fingerprint density at radius 1 is 1.03 bits per heavy atom. The number of nitrogens with zero attached hydrogens (tertiary/aromatic N) is 4. The molecule has 2 aromatic carbocycles. The first kappa shape index (κ1) is 23.2. The molecule has 0 amide bonds. The average Bonchev–Trinajstić information content (AvgIpc) is 2.94. The summed E-state index contributed by atoms with van der Waals surface area (Å²) < 4.78 is 7.12. The summed E-state index contributed by atoms with van der Waals surface area (Å²) in [5, 5.41) is 4.43. The van der Waals surface area contributed by atoms with E-state index < -0.39 is 0 Å². The predicted octanol–water partition coefficient (Wildman–Crippen LogP) is 5.51. The van der Waals surface area contributed by atoms with E-state index in [-0.39, 0.29) is 11.0 Å². The third-order valence-electron chi connectivity index (χ3n) is 7.62. The van der Waals surface area contributed by atoms with Crippen LogP contribution in [0.3, 0.4) is 0 Å². The van der Waals surface area contributed by atoms with Crippen molar-refractivity contribution in [2.24, 2.45) is 5.10 Å². The fourth-order valence-electron chi connectivity index (χ4n) is 5.89. The van der Waals surface area contributed by atoms with E-state index in [4.69, 9.17) is 9.72 Å². The van der Waals surface area contributed by atoms with Crippen LogP contribution < -0.4 is 15.7 Å². The largest absolute Gasteiger partial charge is 0.497 e. The lowest BCUT2D eigenvalue weighted by atomic mass is 9.62. The molecule has 37 heavy (non-hydrogen) atoms. The number of benzene rings is 2. The molecule has 2 aliphatic rings. The van der Waals surface area contributed by atoms with Gasteiger partial charge in [-0.2, -0.15) is 5.10 Å². The van der Waals surface area contributed by atoms with Gasteiger partial charge in [0.25, 0.3) is 5.56 Å². The van der Waals surface area contributed by atoms with Crippen molar-refractivity contribution in [2.45, 2.75) is 43.9 Å². The standard InChI is InChI=1S/C30H29N5O2/c1-37-24-10-7-9-23(18-24)35-28(36)26-27(33-29(35)34-32-20-21-12-16-31-17-13-21)25-11-4-3-8-22(25)19-30(26)14-5-2-6-15-30/h3-4,7-13,16-18,20H,2,5-6,14-15,19H2,1H3,(H,33,34). The molecular weight excluding hydrogens is 462 g/mol. The second-order valence-electron chi connectivity index (χ2n) is 9.83. The highest BCUT2D eigenvalue weighted by molar-refractivity contribution is 5.80. The normalized spacial score (nSPS) is 15.8. The topological polar surface area (TPSA) is 81.4 Å². The molecule has 0 radical (unpaired) electrons. The van der Waals surface area contributed by atoms with Crippen LogP contribution in [0.4, 0.5) is 5.95 Å². The van der Waals surface area contributed by atoms with Crippen molar-refractivity contribution in [3.8, 4) is 22.7 Å². The Morgan fingerprint density at radius 2 is 1.84 bits per heavy atom. The van der Waals surface area contributed by atoms with Crippen molar-refractivity contribution in [2.75, 3.05) is 12.5 Å². The Hall–Kier alpha value is -4.26. The number of anilines is 1. The lowest BCUT2D eigenvalue weighted by Gasteiger charge is -2.42. The molecule has 1 spiro atoms. The number of fused-ring (bicyclic) bond motifs is 4. The molecule has 6 rings (SSSR count). The highest BCUT2D eigenvalue weighted by Gasteiger charge is 2.43. The van der Waals surface area contributed by atoms with Crippen LogP contribution in [0.15, 0.2) is 83.0 Å². The third-order valence-corrected chi connectivity index (χ3v) is 7.62. The maximum Gasteiger partial charge on any atom is 0.263 e. The van der Waals surface area contributed by atoms with Crippen molar-refractivity contribution in [1.82, 2.24) is 14.5 Å². The van der Waals surface area contributed by atoms with Crippen LogP contribution in [0.2, 0.25) is 0 Å². The van der Waals surface area contributed by atoms with E-state index >= 15 is 0 Å². The summed E-state index contributed by atoms with van der Waals surface area (Å²) in [7, 11) is 1.62. The minimum atomic E-state index is -0.203. The van der Waals surface area contributed by atoms with Crippen molar-refractivity contribution in [1.29, 1.82) is 0 Å². The lowest BCUT2D eigenvalue weighted by molar-refractivity contribution is 0.284. The van der Waals surface area contributed by atoms with Gasteiger partial charge in [-0.3, -0.25) is 9.78 Å². The Kier molecular flexibility index (Phi) is 6.04. The van der Waals surface area contributed by atoms with Gasteiger partial charge in [-0.05, 0) is 54.7 Å². The molecule has 0 saturated heterocycles. The molecule has 2 aromatic heterocycles. The van der Waals surface area contributed by atoms with Gasteiger partial charge in [0.05, 0.1) is 30.3 Å². The van der Waals surface area contributed by atoms with Gasteiger partial charge < -0.3 is 4.74 Å². The van der Waals surface area contributed by atoms with E-state index in [1.54, 1.807) is 30.3 Å². The zero-order chi connectivity index (χ0) is 25.2. The van der Waals surface area contributed by atoms with Gasteiger partial charge in [-0.15, -0.1) is 0 Å². The van der Waals surface area contributed by atoms with Gasteiger partial charge in [0.15, 0.2) is 0 Å². The van der Waals surface area contributed by atoms with Crippen LogP contribution in [0.25, 0.3) is 16.9 Å². The first-order valence-electron chi connectivity index (χ1n) is 12.8. The van der Waals surface area contributed by atoms with E-state index in [0.29, 0.717) is 17.4 Å². The summed E-state index contributed by atoms with van der Waals surface area (Å²) in [5.41, 5.74) is 8.29.